The number of halogens is 3. The zero-order valence-corrected chi connectivity index (χ0v) is 19.6. The molecule has 0 atom stereocenters. The van der Waals surface area contributed by atoms with Crippen LogP contribution < -0.4 is 0 Å². The Morgan fingerprint density at radius 2 is 1.13 bits per heavy atom. The van der Waals surface area contributed by atoms with Gasteiger partial charge in [0, 0.05) is 5.02 Å². The summed E-state index contributed by atoms with van der Waals surface area (Å²) in [5.74, 6) is 0.967. The van der Waals surface area contributed by atoms with E-state index in [9.17, 15) is 8.78 Å². The van der Waals surface area contributed by atoms with Crippen molar-refractivity contribution in [2.24, 2.45) is 0 Å². The van der Waals surface area contributed by atoms with Gasteiger partial charge < -0.3 is 0 Å². The Hall–Kier alpha value is -2.19. The normalized spacial score (nSPS) is 10.4. The van der Waals surface area contributed by atoms with Crippen LogP contribution in [-0.2, 0) is 0 Å². The lowest BCUT2D eigenvalue weighted by Crippen LogP contribution is -1.90. The van der Waals surface area contributed by atoms with Gasteiger partial charge in [-0.05, 0) is 58.7 Å². The van der Waals surface area contributed by atoms with Gasteiger partial charge in [0.15, 0.2) is 0 Å². The van der Waals surface area contributed by atoms with Crippen LogP contribution in [0.5, 0.6) is 0 Å². The predicted octanol–water partition coefficient (Wildman–Crippen LogP) is 9.36. The molecule has 0 spiro atoms. The van der Waals surface area contributed by atoms with Gasteiger partial charge in [0.2, 0.25) is 0 Å². The van der Waals surface area contributed by atoms with Crippen molar-refractivity contribution < 1.29 is 8.78 Å². The highest BCUT2D eigenvalue weighted by atomic mass is 35.5. The second-order valence-electron chi connectivity index (χ2n) is 8.06. The molecule has 0 aromatic heterocycles. The van der Waals surface area contributed by atoms with E-state index in [1.54, 1.807) is 18.2 Å². The lowest BCUT2D eigenvalue weighted by Gasteiger charge is -2.05. The third-order valence-corrected chi connectivity index (χ3v) is 4.91. The molecule has 0 nitrogen and oxygen atoms in total. The minimum absolute atomic E-state index is 0.0995. The van der Waals surface area contributed by atoms with Crippen molar-refractivity contribution in [2.75, 3.05) is 0 Å². The van der Waals surface area contributed by atoms with Gasteiger partial charge in [-0.3, -0.25) is 0 Å². The maximum Gasteiger partial charge on any atom is 0.126 e. The van der Waals surface area contributed by atoms with Crippen molar-refractivity contribution >= 4 is 11.6 Å². The first-order chi connectivity index (χ1) is 14.1. The summed E-state index contributed by atoms with van der Waals surface area (Å²) in [5, 5.41) is 0.873. The first-order valence-electron chi connectivity index (χ1n) is 10.4. The summed E-state index contributed by atoms with van der Waals surface area (Å²) < 4.78 is 25.4. The summed E-state index contributed by atoms with van der Waals surface area (Å²) in [6, 6.07) is 21.6. The Labute approximate surface area is 185 Å². The van der Waals surface area contributed by atoms with Gasteiger partial charge in [0.25, 0.3) is 0 Å². The topological polar surface area (TPSA) is 0 Å². The molecule has 3 rings (SSSR count). The fraction of sp³-hybridized carbons (Fsp3) is 0.333. The fourth-order valence-corrected chi connectivity index (χ4v) is 3.11. The van der Waals surface area contributed by atoms with Gasteiger partial charge in [-0.15, -0.1) is 0 Å². The quantitative estimate of drug-likeness (QED) is 0.388. The average molecular weight is 431 g/mol. The minimum Gasteiger partial charge on any atom is -0.207 e. The highest BCUT2D eigenvalue weighted by Crippen LogP contribution is 2.22. The smallest absolute Gasteiger partial charge is 0.126 e. The first-order valence-corrected chi connectivity index (χ1v) is 10.8. The van der Waals surface area contributed by atoms with E-state index in [0.29, 0.717) is 11.8 Å². The van der Waals surface area contributed by atoms with E-state index in [0.717, 1.165) is 16.1 Å². The van der Waals surface area contributed by atoms with E-state index in [2.05, 4.69) is 33.8 Å². The maximum absolute atomic E-state index is 12.8. The second kappa shape index (κ2) is 13.2. The molecule has 3 heteroatoms. The Morgan fingerprint density at radius 3 is 1.50 bits per heavy atom. The summed E-state index contributed by atoms with van der Waals surface area (Å²) >= 11 is 5.92. The standard InChI is InChI=1S/C9H11Cl.2C9H11F/c1-7(2)8-5-3-4-6-9(8)10;1-7(2)8-4-3-5-9(10)6-8;1-7(2)8-5-3-4-6-9(8)10/h3*3-7H,1-2H3. The zero-order valence-electron chi connectivity index (χ0n) is 18.8. The summed E-state index contributed by atoms with van der Waals surface area (Å²) in [6.07, 6.45) is 0. The van der Waals surface area contributed by atoms with Gasteiger partial charge in [-0.25, -0.2) is 8.78 Å². The number of hydrogen-bond donors (Lipinski definition) is 0. The van der Waals surface area contributed by atoms with E-state index in [4.69, 9.17) is 11.6 Å². The minimum atomic E-state index is -0.147. The van der Waals surface area contributed by atoms with Crippen LogP contribution in [0.15, 0.2) is 72.8 Å². The molecule has 0 aliphatic carbocycles. The van der Waals surface area contributed by atoms with Crippen molar-refractivity contribution in [2.45, 2.75) is 59.3 Å². The van der Waals surface area contributed by atoms with E-state index in [1.807, 2.05) is 50.2 Å². The van der Waals surface area contributed by atoms with E-state index >= 15 is 0 Å². The SMILES string of the molecule is CC(C)c1cccc(F)c1.CC(C)c1ccccc1Cl.CC(C)c1ccccc1F. The van der Waals surface area contributed by atoms with Gasteiger partial charge in [0.1, 0.15) is 11.6 Å². The van der Waals surface area contributed by atoms with Crippen LogP contribution in [-0.4, -0.2) is 0 Å². The van der Waals surface area contributed by atoms with E-state index in [1.165, 1.54) is 17.7 Å². The zero-order chi connectivity index (χ0) is 22.7. The maximum atomic E-state index is 12.8. The van der Waals surface area contributed by atoms with Crippen LogP contribution in [0.1, 0.15) is 76.0 Å². The van der Waals surface area contributed by atoms with Crippen LogP contribution in [0.25, 0.3) is 0 Å². The van der Waals surface area contributed by atoms with Crippen molar-refractivity contribution in [3.63, 3.8) is 0 Å². The number of benzene rings is 3. The lowest BCUT2D eigenvalue weighted by molar-refractivity contribution is 0.598. The summed E-state index contributed by atoms with van der Waals surface area (Å²) in [5.41, 5.74) is 3.08. The van der Waals surface area contributed by atoms with Gasteiger partial charge in [0.05, 0.1) is 0 Å². The molecular formula is C27H33ClF2. The van der Waals surface area contributed by atoms with Crippen LogP contribution in [0.2, 0.25) is 5.02 Å². The third-order valence-electron chi connectivity index (χ3n) is 4.57. The largest absolute Gasteiger partial charge is 0.207 e. The van der Waals surface area contributed by atoms with Crippen LogP contribution in [0.4, 0.5) is 8.78 Å². The molecule has 0 saturated heterocycles. The van der Waals surface area contributed by atoms with Gasteiger partial charge in [-0.2, -0.15) is 0 Å². The molecule has 3 aromatic rings. The molecule has 0 amide bonds. The molecule has 0 heterocycles. The third kappa shape index (κ3) is 9.09. The molecule has 3 aromatic carbocycles. The van der Waals surface area contributed by atoms with Crippen molar-refractivity contribution in [1.29, 1.82) is 0 Å². The Kier molecular flexibility index (Phi) is 11.4. The van der Waals surface area contributed by atoms with Crippen LogP contribution >= 0.6 is 11.6 Å². The van der Waals surface area contributed by atoms with E-state index < -0.39 is 0 Å². The highest BCUT2D eigenvalue weighted by Gasteiger charge is 2.03. The second-order valence-corrected chi connectivity index (χ2v) is 8.47. The lowest BCUT2D eigenvalue weighted by atomic mass is 10.0. The van der Waals surface area contributed by atoms with Crippen molar-refractivity contribution in [1.82, 2.24) is 0 Å². The summed E-state index contributed by atoms with van der Waals surface area (Å²) in [6.45, 7) is 12.3. The fourth-order valence-electron chi connectivity index (χ4n) is 2.75. The molecule has 0 fully saturated rings. The molecule has 0 N–H and O–H groups in total. The monoisotopic (exact) mass is 430 g/mol. The van der Waals surface area contributed by atoms with Crippen LogP contribution in [0, 0.1) is 11.6 Å². The first kappa shape index (κ1) is 25.8. The molecule has 30 heavy (non-hydrogen) atoms. The number of hydrogen-bond acceptors (Lipinski definition) is 0. The summed E-state index contributed by atoms with van der Waals surface area (Å²) in [7, 11) is 0. The molecule has 162 valence electrons. The molecule has 0 radical (unpaired) electrons. The van der Waals surface area contributed by atoms with E-state index in [-0.39, 0.29) is 17.6 Å². The summed E-state index contributed by atoms with van der Waals surface area (Å²) in [4.78, 5) is 0. The van der Waals surface area contributed by atoms with Crippen molar-refractivity contribution in [3.05, 3.63) is 106 Å². The Morgan fingerprint density at radius 1 is 0.600 bits per heavy atom. The Bertz CT molecular complexity index is 836. The molecule has 0 aliphatic rings. The van der Waals surface area contributed by atoms with Gasteiger partial charge in [-0.1, -0.05) is 102 Å². The highest BCUT2D eigenvalue weighted by molar-refractivity contribution is 6.31. The number of rotatable bonds is 3. The average Bonchev–Trinajstić information content (AvgIpc) is 2.69. The predicted molar refractivity (Wildman–Crippen MR) is 127 cm³/mol. The molecule has 0 bridgehead atoms. The molecular weight excluding hydrogens is 398 g/mol. The molecule has 0 saturated carbocycles. The van der Waals surface area contributed by atoms with Crippen molar-refractivity contribution in [3.8, 4) is 0 Å². The van der Waals surface area contributed by atoms with Crippen LogP contribution in [0.3, 0.4) is 0 Å². The molecule has 0 unspecified atom stereocenters. The Balaban J connectivity index is 0.000000225. The van der Waals surface area contributed by atoms with Gasteiger partial charge >= 0.3 is 0 Å². The molecule has 0 aliphatic heterocycles.